The van der Waals surface area contributed by atoms with Gasteiger partial charge in [-0.2, -0.15) is 0 Å². The van der Waals surface area contributed by atoms with Crippen molar-refractivity contribution in [3.8, 4) is 16.9 Å². The molecule has 2 aliphatic heterocycles. The van der Waals surface area contributed by atoms with E-state index in [1.807, 2.05) is 18.0 Å². The molecule has 2 aliphatic rings. The van der Waals surface area contributed by atoms with E-state index in [4.69, 9.17) is 4.74 Å². The van der Waals surface area contributed by atoms with Gasteiger partial charge in [-0.25, -0.2) is 17.5 Å². The summed E-state index contributed by atoms with van der Waals surface area (Å²) in [5.41, 5.74) is 1.47. The number of halogens is 1. The normalized spacial score (nSPS) is 21.5. The van der Waals surface area contributed by atoms with Crippen LogP contribution < -0.4 is 9.46 Å². The number of fused-ring (bicyclic) bond motifs is 1. The number of likely N-dealkylation sites (tertiary alicyclic amines) is 1. The second-order valence-corrected chi connectivity index (χ2v) is 12.4. The van der Waals surface area contributed by atoms with Crippen molar-refractivity contribution >= 4 is 15.9 Å². The van der Waals surface area contributed by atoms with E-state index in [1.165, 1.54) is 24.3 Å². The molecular formula is C29H33FN4O5S. The van der Waals surface area contributed by atoms with Crippen LogP contribution in [-0.4, -0.2) is 86.7 Å². The van der Waals surface area contributed by atoms with Gasteiger partial charge < -0.3 is 19.6 Å². The zero-order valence-electron chi connectivity index (χ0n) is 22.3. The Morgan fingerprint density at radius 2 is 1.93 bits per heavy atom. The van der Waals surface area contributed by atoms with Gasteiger partial charge >= 0.3 is 0 Å². The zero-order chi connectivity index (χ0) is 28.3. The molecule has 0 aliphatic carbocycles. The van der Waals surface area contributed by atoms with Gasteiger partial charge in [0.15, 0.2) is 0 Å². The van der Waals surface area contributed by atoms with E-state index in [0.29, 0.717) is 38.0 Å². The lowest BCUT2D eigenvalue weighted by Crippen LogP contribution is -2.51. The van der Waals surface area contributed by atoms with Crippen LogP contribution in [0.5, 0.6) is 5.75 Å². The van der Waals surface area contributed by atoms with E-state index in [9.17, 15) is 22.7 Å². The number of aliphatic hydroxyl groups is 1. The van der Waals surface area contributed by atoms with Crippen molar-refractivity contribution in [3.05, 3.63) is 78.4 Å². The number of amides is 1. The first kappa shape index (κ1) is 28.2. The quantitative estimate of drug-likeness (QED) is 0.489. The molecule has 212 valence electrons. The predicted octanol–water partition coefficient (Wildman–Crippen LogP) is 2.77. The standard InChI is InChI=1S/C29H33FN4O5S/c1-33-18-25(35)17-32-40(37,38)27-8-7-21(23-5-3-11-31-16-23)15-26(27)39-20-29(19-33)9-12-34(13-10-29)28(36)22-4-2-6-24(30)14-22/h2-8,11,14-16,25,32,35H,9-10,12-13,17-20H2,1H3. The first-order chi connectivity index (χ1) is 19.1. The maximum absolute atomic E-state index is 13.7. The number of nitrogens with zero attached hydrogens (tertiary/aromatic N) is 3. The SMILES string of the molecule is CN1CC(O)CNS(=O)(=O)c2ccc(-c3cccnc3)cc2OCC2(CCN(C(=O)c3cccc(F)c3)CC2)C1. The van der Waals surface area contributed by atoms with Crippen LogP contribution in [0.2, 0.25) is 0 Å². The van der Waals surface area contributed by atoms with E-state index >= 15 is 0 Å². The van der Waals surface area contributed by atoms with Crippen molar-refractivity contribution in [2.75, 3.05) is 46.4 Å². The van der Waals surface area contributed by atoms with Crippen molar-refractivity contribution in [2.45, 2.75) is 23.8 Å². The summed E-state index contributed by atoms with van der Waals surface area (Å²) in [6.45, 7) is 1.81. The van der Waals surface area contributed by atoms with Crippen LogP contribution in [0.25, 0.3) is 11.1 Å². The van der Waals surface area contributed by atoms with Crippen LogP contribution in [0, 0.1) is 11.2 Å². The minimum Gasteiger partial charge on any atom is -0.492 e. The van der Waals surface area contributed by atoms with Crippen molar-refractivity contribution in [1.82, 2.24) is 19.5 Å². The number of aliphatic hydroxyl groups excluding tert-OH is 1. The van der Waals surface area contributed by atoms with Crippen LogP contribution in [0.1, 0.15) is 23.2 Å². The van der Waals surface area contributed by atoms with Gasteiger partial charge in [0.1, 0.15) is 16.5 Å². The van der Waals surface area contributed by atoms with E-state index in [1.54, 1.807) is 41.6 Å². The smallest absolute Gasteiger partial charge is 0.253 e. The van der Waals surface area contributed by atoms with Crippen LogP contribution in [-0.2, 0) is 10.0 Å². The fraction of sp³-hybridized carbons (Fsp3) is 0.379. The molecule has 2 aromatic carbocycles. The molecule has 1 atom stereocenters. The highest BCUT2D eigenvalue weighted by atomic mass is 32.2. The summed E-state index contributed by atoms with van der Waals surface area (Å²) >= 11 is 0. The molecule has 2 N–H and O–H groups in total. The lowest BCUT2D eigenvalue weighted by molar-refractivity contribution is 0.0159. The Bertz CT molecular complexity index is 1460. The maximum Gasteiger partial charge on any atom is 0.253 e. The van der Waals surface area contributed by atoms with Crippen LogP contribution in [0.15, 0.2) is 71.9 Å². The molecule has 1 unspecified atom stereocenters. The molecule has 0 saturated carbocycles. The Balaban J connectivity index is 1.44. The molecule has 1 aromatic heterocycles. The molecule has 3 heterocycles. The molecule has 3 aromatic rings. The summed E-state index contributed by atoms with van der Waals surface area (Å²) in [5.74, 6) is -0.471. The number of sulfonamides is 1. The number of pyridine rings is 1. The fourth-order valence-electron chi connectivity index (χ4n) is 5.47. The number of rotatable bonds is 2. The van der Waals surface area contributed by atoms with Crippen LogP contribution >= 0.6 is 0 Å². The minimum atomic E-state index is -3.97. The average Bonchev–Trinajstić information content (AvgIpc) is 2.95. The van der Waals surface area contributed by atoms with Gasteiger partial charge in [-0.3, -0.25) is 9.78 Å². The highest BCUT2D eigenvalue weighted by Crippen LogP contribution is 2.37. The van der Waals surface area contributed by atoms with E-state index in [0.717, 1.165) is 11.1 Å². The Hall–Kier alpha value is -3.38. The van der Waals surface area contributed by atoms with Crippen LogP contribution in [0.3, 0.4) is 0 Å². The number of carbonyl (C=O) groups excluding carboxylic acids is 1. The number of β-amino-alcohol motifs (C(OH)–C–C–N with tert-alkyl or cyclic N) is 1. The lowest BCUT2D eigenvalue weighted by atomic mass is 9.78. The third kappa shape index (κ3) is 6.33. The molecule has 1 fully saturated rings. The number of hydrogen-bond donors (Lipinski definition) is 2. The Morgan fingerprint density at radius 3 is 2.65 bits per heavy atom. The summed E-state index contributed by atoms with van der Waals surface area (Å²) < 4.78 is 49.0. The highest BCUT2D eigenvalue weighted by molar-refractivity contribution is 7.89. The van der Waals surface area contributed by atoms with Crippen molar-refractivity contribution in [2.24, 2.45) is 5.41 Å². The van der Waals surface area contributed by atoms with Gasteiger partial charge in [0.2, 0.25) is 10.0 Å². The van der Waals surface area contributed by atoms with Gasteiger partial charge in [-0.15, -0.1) is 0 Å². The Morgan fingerprint density at radius 1 is 1.12 bits per heavy atom. The molecule has 11 heteroatoms. The molecule has 0 bridgehead atoms. The number of benzene rings is 2. The molecule has 1 amide bonds. The van der Waals surface area contributed by atoms with Gasteiger partial charge in [-0.1, -0.05) is 18.2 Å². The molecule has 0 radical (unpaired) electrons. The Kier molecular flexibility index (Phi) is 8.18. The third-order valence-electron chi connectivity index (χ3n) is 7.58. The largest absolute Gasteiger partial charge is 0.492 e. The topological polar surface area (TPSA) is 112 Å². The van der Waals surface area contributed by atoms with E-state index in [-0.39, 0.29) is 36.2 Å². The van der Waals surface area contributed by atoms with Gasteiger partial charge in [0.05, 0.1) is 12.7 Å². The number of likely N-dealkylation sites (N-methyl/N-ethyl adjacent to an activating group) is 1. The van der Waals surface area contributed by atoms with E-state index in [2.05, 4.69) is 9.71 Å². The van der Waals surface area contributed by atoms with Gasteiger partial charge in [0.25, 0.3) is 5.91 Å². The second-order valence-electron chi connectivity index (χ2n) is 10.7. The average molecular weight is 569 g/mol. The molecular weight excluding hydrogens is 535 g/mol. The number of hydrogen-bond acceptors (Lipinski definition) is 7. The summed E-state index contributed by atoms with van der Waals surface area (Å²) in [5, 5.41) is 10.6. The molecule has 1 spiro atoms. The van der Waals surface area contributed by atoms with Crippen LogP contribution in [0.4, 0.5) is 4.39 Å². The lowest BCUT2D eigenvalue weighted by Gasteiger charge is -2.44. The number of piperidine rings is 1. The number of ether oxygens (including phenoxy) is 1. The van der Waals surface area contributed by atoms with Crippen molar-refractivity contribution < 1.29 is 27.4 Å². The maximum atomic E-state index is 13.7. The zero-order valence-corrected chi connectivity index (χ0v) is 23.1. The second kappa shape index (κ2) is 11.6. The molecule has 40 heavy (non-hydrogen) atoms. The summed E-state index contributed by atoms with van der Waals surface area (Å²) in [6.07, 6.45) is 3.64. The minimum absolute atomic E-state index is 0.00450. The van der Waals surface area contributed by atoms with Gasteiger partial charge in [-0.05, 0) is 61.9 Å². The predicted molar refractivity (Wildman–Crippen MR) is 148 cm³/mol. The van der Waals surface area contributed by atoms with Gasteiger partial charge in [0, 0.05) is 61.7 Å². The van der Waals surface area contributed by atoms with E-state index < -0.39 is 27.4 Å². The number of nitrogens with one attached hydrogen (secondary N) is 1. The first-order valence-corrected chi connectivity index (χ1v) is 14.7. The van der Waals surface area contributed by atoms with Crippen molar-refractivity contribution in [3.63, 3.8) is 0 Å². The monoisotopic (exact) mass is 568 g/mol. The molecule has 1 saturated heterocycles. The number of aromatic nitrogens is 1. The summed E-state index contributed by atoms with van der Waals surface area (Å²) in [6, 6.07) is 14.3. The summed E-state index contributed by atoms with van der Waals surface area (Å²) in [7, 11) is -2.09. The summed E-state index contributed by atoms with van der Waals surface area (Å²) in [4.78, 5) is 20.9. The molecule has 9 nitrogen and oxygen atoms in total. The Labute approximate surface area is 233 Å². The molecule has 5 rings (SSSR count). The third-order valence-corrected chi connectivity index (χ3v) is 9.04. The van der Waals surface area contributed by atoms with Crippen molar-refractivity contribution in [1.29, 1.82) is 0 Å². The first-order valence-electron chi connectivity index (χ1n) is 13.2. The highest BCUT2D eigenvalue weighted by Gasteiger charge is 2.39. The fourth-order valence-corrected chi connectivity index (χ4v) is 6.67. The number of carbonyl (C=O) groups is 1.